The molecule has 1 aliphatic rings. The van der Waals surface area contributed by atoms with Crippen molar-refractivity contribution in [1.82, 2.24) is 14.5 Å². The molecule has 4 rings (SSSR count). The number of benzene rings is 2. The lowest BCUT2D eigenvalue weighted by molar-refractivity contribution is 0.102. The van der Waals surface area contributed by atoms with Gasteiger partial charge in [0.25, 0.3) is 5.91 Å². The number of anilines is 1. The zero-order valence-corrected chi connectivity index (χ0v) is 16.6. The summed E-state index contributed by atoms with van der Waals surface area (Å²) in [6.45, 7) is 0. The van der Waals surface area contributed by atoms with Gasteiger partial charge in [0.2, 0.25) is 10.0 Å². The number of nitrogens with one attached hydrogen (secondary N) is 2. The van der Waals surface area contributed by atoms with Crippen LogP contribution < -0.4 is 10.0 Å². The van der Waals surface area contributed by atoms with E-state index >= 15 is 0 Å². The van der Waals surface area contributed by atoms with Crippen molar-refractivity contribution in [2.45, 2.75) is 36.6 Å². The first kappa shape index (κ1) is 19.4. The minimum atomic E-state index is -3.65. The number of carbonyl (C=O) groups is 1. The molecule has 1 aliphatic carbocycles. The molecule has 29 heavy (non-hydrogen) atoms. The van der Waals surface area contributed by atoms with Crippen LogP contribution >= 0.6 is 0 Å². The first-order valence-electron chi connectivity index (χ1n) is 9.56. The fraction of sp³-hybridized carbons (Fsp3) is 0.238. The molecule has 0 spiro atoms. The summed E-state index contributed by atoms with van der Waals surface area (Å²) < 4.78 is 29.6. The Hall–Kier alpha value is -2.97. The molecule has 1 saturated carbocycles. The monoisotopic (exact) mass is 410 g/mol. The molecule has 1 amide bonds. The number of nitrogens with zero attached hydrogens (tertiary/aromatic N) is 2. The van der Waals surface area contributed by atoms with Gasteiger partial charge in [0, 0.05) is 23.9 Å². The summed E-state index contributed by atoms with van der Waals surface area (Å²) in [6, 6.07) is 17.2. The molecule has 1 aromatic heterocycles. The van der Waals surface area contributed by atoms with Gasteiger partial charge in [-0.3, -0.25) is 4.79 Å². The number of hydrogen-bond acceptors (Lipinski definition) is 4. The van der Waals surface area contributed by atoms with Crippen molar-refractivity contribution in [2.24, 2.45) is 0 Å². The van der Waals surface area contributed by atoms with Gasteiger partial charge in [-0.2, -0.15) is 5.10 Å². The third-order valence-electron chi connectivity index (χ3n) is 4.93. The third kappa shape index (κ3) is 4.55. The fourth-order valence-electron chi connectivity index (χ4n) is 3.44. The smallest absolute Gasteiger partial charge is 0.256 e. The summed E-state index contributed by atoms with van der Waals surface area (Å²) in [7, 11) is -3.65. The highest BCUT2D eigenvalue weighted by atomic mass is 32.2. The number of carbonyl (C=O) groups excluding carboxylic acids is 1. The van der Waals surface area contributed by atoms with Crippen LogP contribution in [0, 0.1) is 0 Å². The Morgan fingerprint density at radius 1 is 1.00 bits per heavy atom. The quantitative estimate of drug-likeness (QED) is 0.652. The molecule has 150 valence electrons. The van der Waals surface area contributed by atoms with Gasteiger partial charge in [0.15, 0.2) is 5.82 Å². The van der Waals surface area contributed by atoms with Crippen molar-refractivity contribution in [3.8, 4) is 5.69 Å². The molecule has 7 nitrogen and oxygen atoms in total. The molecule has 8 heteroatoms. The number of hydrogen-bond donors (Lipinski definition) is 2. The van der Waals surface area contributed by atoms with Crippen LogP contribution in [0.5, 0.6) is 0 Å². The Labute approximate surface area is 169 Å². The van der Waals surface area contributed by atoms with Crippen LogP contribution in [0.2, 0.25) is 0 Å². The van der Waals surface area contributed by atoms with Crippen LogP contribution in [0.25, 0.3) is 5.69 Å². The van der Waals surface area contributed by atoms with Crippen molar-refractivity contribution in [2.75, 3.05) is 5.32 Å². The maximum absolute atomic E-state index is 12.6. The summed E-state index contributed by atoms with van der Waals surface area (Å²) in [4.78, 5) is 12.7. The largest absolute Gasteiger partial charge is 0.305 e. The molecule has 0 radical (unpaired) electrons. The van der Waals surface area contributed by atoms with Crippen LogP contribution in [0.3, 0.4) is 0 Å². The Kier molecular flexibility index (Phi) is 5.46. The van der Waals surface area contributed by atoms with Gasteiger partial charge in [-0.05, 0) is 43.2 Å². The zero-order valence-electron chi connectivity index (χ0n) is 15.8. The van der Waals surface area contributed by atoms with Crippen molar-refractivity contribution in [1.29, 1.82) is 0 Å². The van der Waals surface area contributed by atoms with Crippen LogP contribution in [0.15, 0.2) is 71.8 Å². The average molecular weight is 410 g/mol. The first-order chi connectivity index (χ1) is 14.0. The van der Waals surface area contributed by atoms with E-state index in [1.165, 1.54) is 12.1 Å². The summed E-state index contributed by atoms with van der Waals surface area (Å²) >= 11 is 0. The van der Waals surface area contributed by atoms with Gasteiger partial charge in [-0.15, -0.1) is 0 Å². The zero-order chi connectivity index (χ0) is 20.3. The van der Waals surface area contributed by atoms with Crippen LogP contribution in [0.4, 0.5) is 5.82 Å². The Morgan fingerprint density at radius 3 is 2.52 bits per heavy atom. The summed E-state index contributed by atoms with van der Waals surface area (Å²) in [5.74, 6) is -0.0302. The topological polar surface area (TPSA) is 93.1 Å². The molecule has 1 heterocycles. The summed E-state index contributed by atoms with van der Waals surface area (Å²) in [6.07, 6.45) is 5.51. The molecular weight excluding hydrogens is 388 g/mol. The minimum Gasteiger partial charge on any atom is -0.305 e. The van der Waals surface area contributed by atoms with E-state index in [4.69, 9.17) is 0 Å². The lowest BCUT2D eigenvalue weighted by Gasteiger charge is -2.13. The lowest BCUT2D eigenvalue weighted by atomic mass is 10.2. The van der Waals surface area contributed by atoms with Crippen LogP contribution in [0.1, 0.15) is 36.0 Å². The van der Waals surface area contributed by atoms with Crippen molar-refractivity contribution >= 4 is 21.7 Å². The molecule has 0 bridgehead atoms. The standard InChI is InChI=1S/C21H22N4O3S/c26-21(22-20-13-14-25(23-20)18-10-2-1-3-11-18)16-7-6-12-19(15-16)29(27,28)24-17-8-4-5-9-17/h1-3,6-7,10-15,17,24H,4-5,8-9H2,(H,22,23,26). The Balaban J connectivity index is 1.48. The second kappa shape index (κ2) is 8.18. The van der Waals surface area contributed by atoms with E-state index in [0.29, 0.717) is 5.82 Å². The van der Waals surface area contributed by atoms with E-state index in [-0.39, 0.29) is 16.5 Å². The number of sulfonamides is 1. The van der Waals surface area contributed by atoms with Gasteiger partial charge in [-0.1, -0.05) is 37.1 Å². The predicted molar refractivity (Wildman–Crippen MR) is 111 cm³/mol. The molecule has 0 unspecified atom stereocenters. The SMILES string of the molecule is O=C(Nc1ccn(-c2ccccc2)n1)c1cccc(S(=O)(=O)NC2CCCC2)c1. The Bertz CT molecular complexity index is 1100. The van der Waals surface area contributed by atoms with Crippen molar-refractivity contribution < 1.29 is 13.2 Å². The molecule has 1 fully saturated rings. The molecule has 0 saturated heterocycles. The molecule has 2 aromatic carbocycles. The second-order valence-electron chi connectivity index (χ2n) is 7.07. The van der Waals surface area contributed by atoms with Crippen LogP contribution in [-0.2, 0) is 10.0 Å². The second-order valence-corrected chi connectivity index (χ2v) is 8.78. The van der Waals surface area contributed by atoms with E-state index in [9.17, 15) is 13.2 Å². The first-order valence-corrected chi connectivity index (χ1v) is 11.0. The highest BCUT2D eigenvalue weighted by Crippen LogP contribution is 2.21. The lowest BCUT2D eigenvalue weighted by Crippen LogP contribution is -2.32. The maximum Gasteiger partial charge on any atom is 0.256 e. The van der Waals surface area contributed by atoms with Crippen molar-refractivity contribution in [3.05, 3.63) is 72.4 Å². The van der Waals surface area contributed by atoms with Gasteiger partial charge in [0.1, 0.15) is 0 Å². The summed E-state index contributed by atoms with van der Waals surface area (Å²) in [5.41, 5.74) is 1.13. The average Bonchev–Trinajstić information content (AvgIpc) is 3.41. The number of rotatable bonds is 6. The van der Waals surface area contributed by atoms with Crippen molar-refractivity contribution in [3.63, 3.8) is 0 Å². The molecule has 2 N–H and O–H groups in total. The van der Waals surface area contributed by atoms with E-state index in [1.807, 2.05) is 30.3 Å². The molecule has 0 aliphatic heterocycles. The van der Waals surface area contributed by atoms with Gasteiger partial charge < -0.3 is 5.32 Å². The maximum atomic E-state index is 12.6. The van der Waals surface area contributed by atoms with E-state index in [1.54, 1.807) is 29.1 Å². The normalized spacial score (nSPS) is 14.8. The van der Waals surface area contributed by atoms with Crippen LogP contribution in [-0.4, -0.2) is 30.1 Å². The molecule has 3 aromatic rings. The summed E-state index contributed by atoms with van der Waals surface area (Å²) in [5, 5.41) is 7.05. The Morgan fingerprint density at radius 2 is 1.76 bits per heavy atom. The molecule has 0 atom stereocenters. The minimum absolute atomic E-state index is 0.0283. The van der Waals surface area contributed by atoms with Gasteiger partial charge in [-0.25, -0.2) is 17.8 Å². The van der Waals surface area contributed by atoms with Gasteiger partial charge >= 0.3 is 0 Å². The van der Waals surface area contributed by atoms with E-state index in [2.05, 4.69) is 15.1 Å². The van der Waals surface area contributed by atoms with E-state index in [0.717, 1.165) is 31.4 Å². The fourth-order valence-corrected chi connectivity index (χ4v) is 4.79. The highest BCUT2D eigenvalue weighted by Gasteiger charge is 2.23. The van der Waals surface area contributed by atoms with E-state index < -0.39 is 15.9 Å². The number of amides is 1. The molecular formula is C21H22N4O3S. The predicted octanol–water partition coefficient (Wildman–Crippen LogP) is 3.35. The number of aromatic nitrogens is 2. The third-order valence-corrected chi connectivity index (χ3v) is 6.45. The van der Waals surface area contributed by atoms with Gasteiger partial charge in [0.05, 0.1) is 10.6 Å². The number of para-hydroxylation sites is 1. The highest BCUT2D eigenvalue weighted by molar-refractivity contribution is 7.89.